The normalized spacial score (nSPS) is 11.8. The van der Waals surface area contributed by atoms with Crippen molar-refractivity contribution in [2.45, 2.75) is 46.7 Å². The van der Waals surface area contributed by atoms with Gasteiger partial charge in [0.15, 0.2) is 0 Å². The number of nitrogens with zero attached hydrogens (tertiary/aromatic N) is 1. The Morgan fingerprint density at radius 3 is 2.40 bits per heavy atom. The third-order valence-corrected chi connectivity index (χ3v) is 4.84. The Morgan fingerprint density at radius 1 is 1.13 bits per heavy atom. The second-order valence-electron chi connectivity index (χ2n) is 7.84. The summed E-state index contributed by atoms with van der Waals surface area (Å²) in [6.45, 7) is 7.70. The fourth-order valence-electron chi connectivity index (χ4n) is 3.27. The summed E-state index contributed by atoms with van der Waals surface area (Å²) in [7, 11) is 2.95. The number of carbonyl (C=O) groups is 3. The first-order valence-corrected chi connectivity index (χ1v) is 9.93. The molecule has 0 saturated heterocycles. The highest BCUT2D eigenvalue weighted by Gasteiger charge is 2.27. The van der Waals surface area contributed by atoms with Gasteiger partial charge in [0.2, 0.25) is 5.91 Å². The van der Waals surface area contributed by atoms with Gasteiger partial charge in [-0.2, -0.15) is 0 Å². The predicted octanol–water partition coefficient (Wildman–Crippen LogP) is 3.49. The second kappa shape index (κ2) is 10.1. The number of ether oxygens (including phenoxy) is 1. The molecular formula is C23H30N2O5. The van der Waals surface area contributed by atoms with Crippen LogP contribution in [0, 0.1) is 19.8 Å². The van der Waals surface area contributed by atoms with E-state index in [1.807, 2.05) is 32.9 Å². The summed E-state index contributed by atoms with van der Waals surface area (Å²) >= 11 is 0. The van der Waals surface area contributed by atoms with Gasteiger partial charge in [-0.05, 0) is 43.9 Å². The highest BCUT2D eigenvalue weighted by atomic mass is 16.5. The summed E-state index contributed by atoms with van der Waals surface area (Å²) in [6, 6.07) is 8.17. The maximum absolute atomic E-state index is 13.1. The van der Waals surface area contributed by atoms with E-state index in [2.05, 4.69) is 5.32 Å². The van der Waals surface area contributed by atoms with Crippen LogP contribution >= 0.6 is 0 Å². The van der Waals surface area contributed by atoms with Crippen LogP contribution in [0.25, 0.3) is 0 Å². The monoisotopic (exact) mass is 414 g/mol. The van der Waals surface area contributed by atoms with Crippen LogP contribution < -0.4 is 5.32 Å². The van der Waals surface area contributed by atoms with Crippen molar-refractivity contribution in [3.8, 4) is 0 Å². The molecule has 1 aromatic carbocycles. The maximum Gasteiger partial charge on any atom is 0.341 e. The number of methoxy groups -OCH3 is 1. The minimum atomic E-state index is -0.668. The van der Waals surface area contributed by atoms with Crippen molar-refractivity contribution in [3.05, 3.63) is 58.5 Å². The molecule has 0 spiro atoms. The van der Waals surface area contributed by atoms with E-state index in [-0.39, 0.29) is 24.3 Å². The predicted molar refractivity (Wildman–Crippen MR) is 113 cm³/mol. The fourth-order valence-corrected chi connectivity index (χ4v) is 3.27. The quantitative estimate of drug-likeness (QED) is 0.668. The summed E-state index contributed by atoms with van der Waals surface area (Å²) in [5.41, 5.74) is 1.73. The third kappa shape index (κ3) is 5.72. The number of carbonyl (C=O) groups excluding carboxylic acids is 3. The van der Waals surface area contributed by atoms with E-state index in [1.165, 1.54) is 12.0 Å². The lowest BCUT2D eigenvalue weighted by atomic mass is 10.0. The first kappa shape index (κ1) is 23.2. The van der Waals surface area contributed by atoms with Gasteiger partial charge in [-0.25, -0.2) is 4.79 Å². The molecule has 0 saturated carbocycles. The first-order valence-electron chi connectivity index (χ1n) is 9.93. The molecule has 0 aliphatic heterocycles. The molecule has 0 aliphatic carbocycles. The van der Waals surface area contributed by atoms with Gasteiger partial charge in [-0.3, -0.25) is 9.59 Å². The summed E-state index contributed by atoms with van der Waals surface area (Å²) in [4.78, 5) is 39.1. The van der Waals surface area contributed by atoms with Crippen LogP contribution in [-0.2, 0) is 16.1 Å². The number of nitrogens with one attached hydrogen (secondary N) is 1. The molecule has 0 aliphatic rings. The molecule has 1 atom stereocenters. The van der Waals surface area contributed by atoms with Crippen LogP contribution in [0.4, 0.5) is 0 Å². The molecule has 162 valence electrons. The molecule has 2 rings (SSSR count). The molecular weight excluding hydrogens is 384 g/mol. The van der Waals surface area contributed by atoms with Crippen LogP contribution in [0.15, 0.2) is 34.7 Å². The number of likely N-dealkylation sites (N-methyl/N-ethyl adjacent to an activating group) is 1. The number of amides is 2. The van der Waals surface area contributed by atoms with Gasteiger partial charge in [0.1, 0.15) is 23.1 Å². The van der Waals surface area contributed by atoms with Crippen molar-refractivity contribution in [2.24, 2.45) is 5.92 Å². The van der Waals surface area contributed by atoms with Crippen LogP contribution in [0.1, 0.15) is 58.1 Å². The van der Waals surface area contributed by atoms with Gasteiger partial charge in [0.05, 0.1) is 13.7 Å². The Kier molecular flexibility index (Phi) is 7.80. The van der Waals surface area contributed by atoms with E-state index < -0.39 is 12.0 Å². The molecule has 1 heterocycles. The van der Waals surface area contributed by atoms with E-state index >= 15 is 0 Å². The van der Waals surface area contributed by atoms with Gasteiger partial charge >= 0.3 is 5.97 Å². The van der Waals surface area contributed by atoms with Crippen molar-refractivity contribution in [1.29, 1.82) is 0 Å². The molecule has 1 N–H and O–H groups in total. The van der Waals surface area contributed by atoms with Crippen LogP contribution in [0.3, 0.4) is 0 Å². The largest absolute Gasteiger partial charge is 0.465 e. The van der Waals surface area contributed by atoms with E-state index in [0.717, 1.165) is 5.56 Å². The highest BCUT2D eigenvalue weighted by Crippen LogP contribution is 2.18. The van der Waals surface area contributed by atoms with Gasteiger partial charge < -0.3 is 19.4 Å². The van der Waals surface area contributed by atoms with Gasteiger partial charge in [-0.15, -0.1) is 0 Å². The lowest BCUT2D eigenvalue weighted by Gasteiger charge is -2.25. The van der Waals surface area contributed by atoms with Crippen molar-refractivity contribution >= 4 is 17.8 Å². The first-order chi connectivity index (χ1) is 14.1. The Bertz CT molecular complexity index is 916. The summed E-state index contributed by atoms with van der Waals surface area (Å²) in [6.07, 6.45) is 0.505. The molecule has 0 fully saturated rings. The molecule has 7 nitrogen and oxygen atoms in total. The molecule has 7 heteroatoms. The number of hydrogen-bond acceptors (Lipinski definition) is 5. The summed E-state index contributed by atoms with van der Waals surface area (Å²) in [5.74, 6) is 0.129. The number of furan rings is 1. The Labute approximate surface area is 177 Å². The second-order valence-corrected chi connectivity index (χ2v) is 7.84. The summed E-state index contributed by atoms with van der Waals surface area (Å²) in [5, 5.41) is 2.88. The van der Waals surface area contributed by atoms with E-state index in [0.29, 0.717) is 29.1 Å². The molecule has 1 unspecified atom stereocenters. The zero-order valence-corrected chi connectivity index (χ0v) is 18.4. The van der Waals surface area contributed by atoms with E-state index in [9.17, 15) is 14.4 Å². The molecule has 0 bridgehead atoms. The number of esters is 1. The number of hydrogen-bond donors (Lipinski definition) is 1. The van der Waals surface area contributed by atoms with Crippen LogP contribution in [0.2, 0.25) is 0 Å². The molecule has 2 aromatic rings. The molecule has 0 radical (unpaired) electrons. The van der Waals surface area contributed by atoms with Gasteiger partial charge in [-0.1, -0.05) is 32.0 Å². The fraction of sp³-hybridized carbons (Fsp3) is 0.435. The zero-order valence-electron chi connectivity index (χ0n) is 18.4. The molecule has 2 amide bonds. The average Bonchev–Trinajstić information content (AvgIpc) is 3.06. The third-order valence-electron chi connectivity index (χ3n) is 4.84. The van der Waals surface area contributed by atoms with Crippen molar-refractivity contribution in [2.75, 3.05) is 14.2 Å². The van der Waals surface area contributed by atoms with Gasteiger partial charge in [0.25, 0.3) is 5.91 Å². The van der Waals surface area contributed by atoms with E-state index in [1.54, 1.807) is 32.2 Å². The highest BCUT2D eigenvalue weighted by molar-refractivity contribution is 5.98. The minimum Gasteiger partial charge on any atom is -0.465 e. The average molecular weight is 415 g/mol. The Hall–Kier alpha value is -3.09. The number of rotatable bonds is 8. The lowest BCUT2D eigenvalue weighted by Crippen LogP contribution is -2.47. The zero-order chi connectivity index (χ0) is 22.4. The minimum absolute atomic E-state index is 0.172. The van der Waals surface area contributed by atoms with E-state index in [4.69, 9.17) is 9.15 Å². The van der Waals surface area contributed by atoms with Crippen molar-refractivity contribution < 1.29 is 23.5 Å². The SMILES string of the molecule is COC(=O)c1cc(CN(C)C(=O)C(CC(C)C)NC(=O)c2ccccc2C)oc1C. The topological polar surface area (TPSA) is 88.9 Å². The Balaban J connectivity index is 2.15. The van der Waals surface area contributed by atoms with Gasteiger partial charge in [0, 0.05) is 12.6 Å². The van der Waals surface area contributed by atoms with Crippen LogP contribution in [0.5, 0.6) is 0 Å². The van der Waals surface area contributed by atoms with Crippen molar-refractivity contribution in [3.63, 3.8) is 0 Å². The summed E-state index contributed by atoms with van der Waals surface area (Å²) < 4.78 is 10.3. The van der Waals surface area contributed by atoms with Crippen LogP contribution in [-0.4, -0.2) is 42.9 Å². The molecule has 1 aromatic heterocycles. The maximum atomic E-state index is 13.1. The smallest absolute Gasteiger partial charge is 0.341 e. The molecule has 30 heavy (non-hydrogen) atoms. The lowest BCUT2D eigenvalue weighted by molar-refractivity contribution is -0.133. The Morgan fingerprint density at radius 2 is 1.80 bits per heavy atom. The van der Waals surface area contributed by atoms with Crippen molar-refractivity contribution in [1.82, 2.24) is 10.2 Å². The number of aryl methyl sites for hydroxylation is 2. The standard InChI is InChI=1S/C23H30N2O5/c1-14(2)11-20(24-21(26)18-10-8-7-9-15(18)3)22(27)25(5)13-17-12-19(16(4)30-17)23(28)29-6/h7-10,12,14,20H,11,13H2,1-6H3,(H,24,26). The number of benzene rings is 1.